The molecule has 6 heteroatoms. The molecule has 3 amide bonds. The molecule has 2 unspecified atom stereocenters. The Labute approximate surface area is 197 Å². The maximum atomic E-state index is 13.3. The van der Waals surface area contributed by atoms with E-state index in [0.29, 0.717) is 11.6 Å². The summed E-state index contributed by atoms with van der Waals surface area (Å²) < 4.78 is 0. The fourth-order valence-electron chi connectivity index (χ4n) is 5.02. The zero-order valence-electron chi connectivity index (χ0n) is 20.2. The molecule has 0 saturated heterocycles. The number of benzene rings is 2. The summed E-state index contributed by atoms with van der Waals surface area (Å²) in [6.45, 7) is 6.47. The largest absolute Gasteiger partial charge is 0.320 e. The summed E-state index contributed by atoms with van der Waals surface area (Å²) in [7, 11) is 1.78. The van der Waals surface area contributed by atoms with Crippen molar-refractivity contribution in [1.82, 2.24) is 10.6 Å². The zero-order chi connectivity index (χ0) is 23.6. The Kier molecular flexibility index (Phi) is 6.75. The van der Waals surface area contributed by atoms with Gasteiger partial charge >= 0.3 is 6.03 Å². The van der Waals surface area contributed by atoms with E-state index < -0.39 is 12.2 Å². The molecule has 33 heavy (non-hydrogen) atoms. The summed E-state index contributed by atoms with van der Waals surface area (Å²) in [5.74, 6) is 0.274. The van der Waals surface area contributed by atoms with Gasteiger partial charge in [0.1, 0.15) is 0 Å². The van der Waals surface area contributed by atoms with Crippen LogP contribution in [0.5, 0.6) is 0 Å². The highest BCUT2D eigenvalue weighted by Crippen LogP contribution is 2.39. The van der Waals surface area contributed by atoms with Crippen LogP contribution in [0.15, 0.2) is 48.5 Å². The summed E-state index contributed by atoms with van der Waals surface area (Å²) in [6.07, 6.45) is 5.13. The van der Waals surface area contributed by atoms with E-state index in [1.165, 1.54) is 24.8 Å². The van der Waals surface area contributed by atoms with Crippen LogP contribution in [0.3, 0.4) is 0 Å². The Bertz CT molecular complexity index is 990. The first-order chi connectivity index (χ1) is 15.7. The average Bonchev–Trinajstić information content (AvgIpc) is 2.90. The van der Waals surface area contributed by atoms with Crippen molar-refractivity contribution < 1.29 is 9.59 Å². The molecule has 1 saturated carbocycles. The maximum Gasteiger partial charge on any atom is 0.320 e. The van der Waals surface area contributed by atoms with E-state index in [1.807, 2.05) is 42.5 Å². The lowest BCUT2D eigenvalue weighted by atomic mass is 9.80. The number of likely N-dealkylation sites (N-methyl/N-ethyl adjacent to an activating group) is 1. The van der Waals surface area contributed by atoms with Gasteiger partial charge in [-0.1, -0.05) is 70.4 Å². The van der Waals surface area contributed by atoms with E-state index in [4.69, 9.17) is 0 Å². The number of fused-ring (bicyclic) bond motifs is 1. The normalized spacial score (nSPS) is 21.8. The van der Waals surface area contributed by atoms with Gasteiger partial charge in [-0.2, -0.15) is 0 Å². The lowest BCUT2D eigenvalue weighted by molar-refractivity contribution is -0.120. The van der Waals surface area contributed by atoms with Crippen LogP contribution in [0.4, 0.5) is 16.2 Å². The van der Waals surface area contributed by atoms with E-state index >= 15 is 0 Å². The first-order valence-electron chi connectivity index (χ1n) is 12.0. The van der Waals surface area contributed by atoms with Crippen molar-refractivity contribution in [1.29, 1.82) is 0 Å². The summed E-state index contributed by atoms with van der Waals surface area (Å²) in [4.78, 5) is 27.8. The van der Waals surface area contributed by atoms with Crippen molar-refractivity contribution in [2.45, 2.75) is 70.5 Å². The molecular weight excluding hydrogens is 412 g/mol. The number of amides is 3. The number of carbonyl (C=O) groups is 2. The van der Waals surface area contributed by atoms with Gasteiger partial charge in [0.25, 0.3) is 5.91 Å². The first-order valence-corrected chi connectivity index (χ1v) is 12.0. The molecule has 0 aromatic heterocycles. The van der Waals surface area contributed by atoms with Crippen molar-refractivity contribution in [2.24, 2.45) is 5.92 Å². The number of carbonyl (C=O) groups excluding carboxylic acids is 2. The molecule has 1 fully saturated rings. The minimum absolute atomic E-state index is 0.0202. The van der Waals surface area contributed by atoms with Crippen molar-refractivity contribution in [3.8, 4) is 0 Å². The minimum atomic E-state index is -0.803. The summed E-state index contributed by atoms with van der Waals surface area (Å²) in [5, 5.41) is 9.27. The number of urea groups is 1. The third-order valence-electron chi connectivity index (χ3n) is 6.96. The molecule has 2 aromatic carbocycles. The Hall–Kier alpha value is -2.86. The number of nitrogens with zero attached hydrogens (tertiary/aromatic N) is 1. The fraction of sp³-hybridized carbons (Fsp3) is 0.481. The highest BCUT2D eigenvalue weighted by atomic mass is 16.2. The highest BCUT2D eigenvalue weighted by molar-refractivity contribution is 6.01. The van der Waals surface area contributed by atoms with Gasteiger partial charge in [0.15, 0.2) is 6.17 Å². The number of para-hydroxylation sites is 1. The monoisotopic (exact) mass is 448 g/mol. The number of anilines is 2. The van der Waals surface area contributed by atoms with Crippen LogP contribution in [0, 0.1) is 5.92 Å². The molecule has 0 bridgehead atoms. The third kappa shape index (κ3) is 5.22. The molecular formula is C27H36N4O2. The molecule has 3 N–H and O–H groups in total. The van der Waals surface area contributed by atoms with Crippen molar-refractivity contribution >= 4 is 23.3 Å². The predicted molar refractivity (Wildman–Crippen MR) is 133 cm³/mol. The van der Waals surface area contributed by atoms with E-state index in [9.17, 15) is 9.59 Å². The summed E-state index contributed by atoms with van der Waals surface area (Å²) in [5.41, 5.74) is 3.98. The van der Waals surface area contributed by atoms with E-state index in [1.54, 1.807) is 11.9 Å². The van der Waals surface area contributed by atoms with E-state index in [2.05, 4.69) is 42.8 Å². The smallest absolute Gasteiger partial charge is 0.314 e. The molecule has 2 atom stereocenters. The summed E-state index contributed by atoms with van der Waals surface area (Å²) in [6, 6.07) is 15.5. The average molecular weight is 449 g/mol. The molecule has 0 radical (unpaired) electrons. The minimum Gasteiger partial charge on any atom is -0.314 e. The molecule has 1 aliphatic carbocycles. The second kappa shape index (κ2) is 9.56. The standard InChI is InChI=1S/C27H36N4O2/c1-27(2,3)19-14-16-20(17-15-19)28-26(33)30-24-25(32)31(4)22-13-9-8-12-21(22)23(29-24)18-10-6-5-7-11-18/h8-9,12-18,23-24,29H,5-7,10-11H2,1-4H3,(H2,28,30,33). The number of nitrogens with one attached hydrogen (secondary N) is 3. The molecule has 6 nitrogen and oxygen atoms in total. The highest BCUT2D eigenvalue weighted by Gasteiger charge is 2.37. The van der Waals surface area contributed by atoms with Crippen LogP contribution in [-0.2, 0) is 10.2 Å². The van der Waals surface area contributed by atoms with Crippen LogP contribution in [0.2, 0.25) is 0 Å². The predicted octanol–water partition coefficient (Wildman–Crippen LogP) is 5.32. The quantitative estimate of drug-likeness (QED) is 0.595. The Morgan fingerprint density at radius 3 is 2.33 bits per heavy atom. The van der Waals surface area contributed by atoms with Crippen molar-refractivity contribution in [3.05, 3.63) is 59.7 Å². The van der Waals surface area contributed by atoms with Gasteiger partial charge in [-0.05, 0) is 53.5 Å². The van der Waals surface area contributed by atoms with Crippen LogP contribution in [0.25, 0.3) is 0 Å². The van der Waals surface area contributed by atoms with E-state index in [0.717, 1.165) is 24.1 Å². The second-order valence-corrected chi connectivity index (χ2v) is 10.4. The first kappa shape index (κ1) is 23.3. The molecule has 1 aliphatic heterocycles. The maximum absolute atomic E-state index is 13.3. The van der Waals surface area contributed by atoms with Gasteiger partial charge in [-0.15, -0.1) is 0 Å². The SMILES string of the molecule is CN1C(=O)C(NC(=O)Nc2ccc(C(C)(C)C)cc2)NC(C2CCCCC2)c2ccccc21. The molecule has 0 spiro atoms. The van der Waals surface area contributed by atoms with Crippen molar-refractivity contribution in [2.75, 3.05) is 17.3 Å². The fourth-order valence-corrected chi connectivity index (χ4v) is 5.02. The number of rotatable bonds is 3. The van der Waals surface area contributed by atoms with E-state index in [-0.39, 0.29) is 17.4 Å². The molecule has 176 valence electrons. The molecule has 2 aromatic rings. The van der Waals surface area contributed by atoms with Gasteiger partial charge in [0.2, 0.25) is 0 Å². The van der Waals surface area contributed by atoms with Crippen LogP contribution in [-0.4, -0.2) is 25.2 Å². The number of hydrogen-bond acceptors (Lipinski definition) is 3. The molecule has 1 heterocycles. The molecule has 4 rings (SSSR count). The zero-order valence-corrected chi connectivity index (χ0v) is 20.2. The Morgan fingerprint density at radius 2 is 1.67 bits per heavy atom. The third-order valence-corrected chi connectivity index (χ3v) is 6.96. The Morgan fingerprint density at radius 1 is 1.00 bits per heavy atom. The van der Waals surface area contributed by atoms with Crippen LogP contribution < -0.4 is 20.9 Å². The van der Waals surface area contributed by atoms with Gasteiger partial charge in [-0.25, -0.2) is 4.79 Å². The lowest BCUT2D eigenvalue weighted by Gasteiger charge is -2.32. The second-order valence-electron chi connectivity index (χ2n) is 10.4. The summed E-state index contributed by atoms with van der Waals surface area (Å²) >= 11 is 0. The van der Waals surface area contributed by atoms with Crippen molar-refractivity contribution in [3.63, 3.8) is 0 Å². The van der Waals surface area contributed by atoms with Gasteiger partial charge in [0, 0.05) is 24.5 Å². The number of hydrogen-bond donors (Lipinski definition) is 3. The molecule has 2 aliphatic rings. The van der Waals surface area contributed by atoms with Crippen LogP contribution >= 0.6 is 0 Å². The topological polar surface area (TPSA) is 73.5 Å². The van der Waals surface area contributed by atoms with Gasteiger partial charge < -0.3 is 15.5 Å². The van der Waals surface area contributed by atoms with Gasteiger partial charge in [0.05, 0.1) is 0 Å². The van der Waals surface area contributed by atoms with Gasteiger partial charge in [-0.3, -0.25) is 10.1 Å². The lowest BCUT2D eigenvalue weighted by Crippen LogP contribution is -2.56. The van der Waals surface area contributed by atoms with Crippen LogP contribution in [0.1, 0.15) is 70.0 Å². The Balaban J connectivity index is 1.52.